The highest BCUT2D eigenvalue weighted by atomic mass is 32.1. The molecule has 2 aromatic carbocycles. The second kappa shape index (κ2) is 6.00. The van der Waals surface area contributed by atoms with Crippen molar-refractivity contribution in [1.29, 1.82) is 0 Å². The number of hydrogen-bond donors (Lipinski definition) is 1. The van der Waals surface area contributed by atoms with Crippen LogP contribution in [0.5, 0.6) is 5.75 Å². The van der Waals surface area contributed by atoms with Gasteiger partial charge in [0, 0.05) is 24.1 Å². The van der Waals surface area contributed by atoms with E-state index in [4.69, 9.17) is 10.5 Å². The lowest BCUT2D eigenvalue weighted by Gasteiger charge is -2.14. The maximum absolute atomic E-state index is 6.14. The van der Waals surface area contributed by atoms with Crippen LogP contribution in [0.4, 0.5) is 0 Å². The van der Waals surface area contributed by atoms with E-state index in [0.717, 1.165) is 38.9 Å². The second-order valence-electron chi connectivity index (χ2n) is 6.15. The van der Waals surface area contributed by atoms with Gasteiger partial charge in [0.25, 0.3) is 0 Å². The molecule has 4 nitrogen and oxygen atoms in total. The molecule has 1 aromatic heterocycles. The average Bonchev–Trinajstić information content (AvgIpc) is 3.20. The van der Waals surface area contributed by atoms with Gasteiger partial charge in [-0.2, -0.15) is 0 Å². The lowest BCUT2D eigenvalue weighted by atomic mass is 9.95. The van der Waals surface area contributed by atoms with Gasteiger partial charge in [-0.25, -0.2) is 0 Å². The number of nitrogens with zero attached hydrogens (tertiary/aromatic N) is 2. The van der Waals surface area contributed by atoms with Crippen LogP contribution in [0.3, 0.4) is 0 Å². The molecule has 1 aliphatic heterocycles. The van der Waals surface area contributed by atoms with Crippen LogP contribution >= 0.6 is 11.3 Å². The van der Waals surface area contributed by atoms with Gasteiger partial charge in [-0.3, -0.25) is 0 Å². The first-order chi connectivity index (χ1) is 11.7. The SMILES string of the molecule is Cc1cc2c(c(-c3ccccc3-c3nnc(C)s3)c1)OC(CN)C2. The van der Waals surface area contributed by atoms with E-state index in [9.17, 15) is 0 Å². The Hall–Kier alpha value is -2.24. The van der Waals surface area contributed by atoms with E-state index >= 15 is 0 Å². The Labute approximate surface area is 145 Å². The first kappa shape index (κ1) is 15.3. The Bertz CT molecular complexity index is 903. The molecule has 24 heavy (non-hydrogen) atoms. The summed E-state index contributed by atoms with van der Waals surface area (Å²) in [5, 5.41) is 10.4. The number of fused-ring (bicyclic) bond motifs is 1. The number of ether oxygens (including phenoxy) is 1. The van der Waals surface area contributed by atoms with Gasteiger partial charge in [-0.15, -0.1) is 10.2 Å². The maximum atomic E-state index is 6.14. The molecule has 0 fully saturated rings. The lowest BCUT2D eigenvalue weighted by molar-refractivity contribution is 0.242. The molecule has 0 bridgehead atoms. The van der Waals surface area contributed by atoms with Crippen LogP contribution in [-0.2, 0) is 6.42 Å². The highest BCUT2D eigenvalue weighted by Gasteiger charge is 2.26. The van der Waals surface area contributed by atoms with E-state index in [2.05, 4.69) is 47.5 Å². The van der Waals surface area contributed by atoms with Gasteiger partial charge in [0.15, 0.2) is 0 Å². The van der Waals surface area contributed by atoms with Crippen molar-refractivity contribution in [3.63, 3.8) is 0 Å². The number of rotatable bonds is 3. The van der Waals surface area contributed by atoms with E-state index < -0.39 is 0 Å². The summed E-state index contributed by atoms with van der Waals surface area (Å²) in [6.45, 7) is 4.63. The summed E-state index contributed by atoms with van der Waals surface area (Å²) in [4.78, 5) is 0. The van der Waals surface area contributed by atoms with E-state index in [0.29, 0.717) is 6.54 Å². The predicted molar refractivity (Wildman–Crippen MR) is 97.4 cm³/mol. The standard InChI is InChI=1S/C19H19N3OS/c1-11-7-13-9-14(10-20)23-18(13)17(8-11)15-5-3-4-6-16(15)19-22-21-12(2)24-19/h3-8,14H,9-10,20H2,1-2H3. The van der Waals surface area contributed by atoms with Crippen molar-refractivity contribution in [2.45, 2.75) is 26.4 Å². The van der Waals surface area contributed by atoms with E-state index in [-0.39, 0.29) is 6.10 Å². The monoisotopic (exact) mass is 337 g/mol. The molecule has 0 saturated carbocycles. The Morgan fingerprint density at radius 3 is 2.62 bits per heavy atom. The minimum absolute atomic E-state index is 0.0662. The Kier molecular flexibility index (Phi) is 3.82. The van der Waals surface area contributed by atoms with Gasteiger partial charge in [-0.1, -0.05) is 41.7 Å². The van der Waals surface area contributed by atoms with E-state index in [1.807, 2.05) is 13.0 Å². The third-order valence-electron chi connectivity index (χ3n) is 4.28. The molecule has 1 unspecified atom stereocenters. The molecule has 0 spiro atoms. The second-order valence-corrected chi connectivity index (χ2v) is 7.33. The number of aromatic nitrogens is 2. The lowest BCUT2D eigenvalue weighted by Crippen LogP contribution is -2.24. The van der Waals surface area contributed by atoms with Crippen LogP contribution in [0, 0.1) is 13.8 Å². The fourth-order valence-corrected chi connectivity index (χ4v) is 3.97. The summed E-state index contributed by atoms with van der Waals surface area (Å²) < 4.78 is 6.14. The van der Waals surface area contributed by atoms with Crippen molar-refractivity contribution in [3.8, 4) is 27.4 Å². The van der Waals surface area contributed by atoms with Crippen LogP contribution in [-0.4, -0.2) is 22.8 Å². The molecule has 1 aliphatic rings. The van der Waals surface area contributed by atoms with Crippen LogP contribution in [0.2, 0.25) is 0 Å². The molecule has 4 rings (SSSR count). The minimum Gasteiger partial charge on any atom is -0.488 e. The molecular weight excluding hydrogens is 318 g/mol. The fourth-order valence-electron chi connectivity index (χ4n) is 3.23. The summed E-state index contributed by atoms with van der Waals surface area (Å²) in [5.41, 5.74) is 11.6. The van der Waals surface area contributed by atoms with Crippen molar-refractivity contribution < 1.29 is 4.74 Å². The average molecular weight is 337 g/mol. The van der Waals surface area contributed by atoms with Crippen molar-refractivity contribution in [3.05, 3.63) is 52.5 Å². The van der Waals surface area contributed by atoms with Crippen molar-refractivity contribution >= 4 is 11.3 Å². The number of nitrogens with two attached hydrogens (primary N) is 1. The molecule has 0 radical (unpaired) electrons. The number of aryl methyl sites for hydroxylation is 2. The molecule has 3 aromatic rings. The third kappa shape index (κ3) is 2.60. The molecular formula is C19H19N3OS. The first-order valence-electron chi connectivity index (χ1n) is 8.06. The van der Waals surface area contributed by atoms with Crippen LogP contribution in [0.25, 0.3) is 21.7 Å². The largest absolute Gasteiger partial charge is 0.488 e. The molecule has 0 aliphatic carbocycles. The van der Waals surface area contributed by atoms with Gasteiger partial charge in [-0.05, 0) is 36.6 Å². The van der Waals surface area contributed by atoms with Crippen LogP contribution in [0.15, 0.2) is 36.4 Å². The zero-order valence-electron chi connectivity index (χ0n) is 13.7. The van der Waals surface area contributed by atoms with Gasteiger partial charge in [0.2, 0.25) is 0 Å². The van der Waals surface area contributed by atoms with Crippen LogP contribution < -0.4 is 10.5 Å². The summed E-state index contributed by atoms with van der Waals surface area (Å²) in [6.07, 6.45) is 0.942. The van der Waals surface area contributed by atoms with Gasteiger partial charge in [0.05, 0.1) is 0 Å². The smallest absolute Gasteiger partial charge is 0.148 e. The van der Waals surface area contributed by atoms with E-state index in [1.54, 1.807) is 11.3 Å². The maximum Gasteiger partial charge on any atom is 0.148 e. The fraction of sp³-hybridized carbons (Fsp3) is 0.263. The van der Waals surface area contributed by atoms with Crippen molar-refractivity contribution in [2.75, 3.05) is 6.54 Å². The normalized spacial score (nSPS) is 16.0. The molecule has 0 saturated heterocycles. The Morgan fingerprint density at radius 2 is 1.92 bits per heavy atom. The first-order valence-corrected chi connectivity index (χ1v) is 8.87. The summed E-state index contributed by atoms with van der Waals surface area (Å²) in [5.74, 6) is 0.963. The molecule has 2 heterocycles. The highest BCUT2D eigenvalue weighted by molar-refractivity contribution is 7.14. The van der Waals surface area contributed by atoms with Gasteiger partial charge < -0.3 is 10.5 Å². The van der Waals surface area contributed by atoms with Gasteiger partial charge in [0.1, 0.15) is 21.9 Å². The van der Waals surface area contributed by atoms with Crippen molar-refractivity contribution in [1.82, 2.24) is 10.2 Å². The molecule has 0 amide bonds. The van der Waals surface area contributed by atoms with Crippen LogP contribution in [0.1, 0.15) is 16.1 Å². The summed E-state index contributed by atoms with van der Waals surface area (Å²) in [7, 11) is 0. The number of hydrogen-bond acceptors (Lipinski definition) is 5. The third-order valence-corrected chi connectivity index (χ3v) is 5.15. The number of benzene rings is 2. The van der Waals surface area contributed by atoms with Crippen molar-refractivity contribution in [2.24, 2.45) is 5.73 Å². The topological polar surface area (TPSA) is 61.0 Å². The molecule has 122 valence electrons. The molecule has 1 atom stereocenters. The molecule has 5 heteroatoms. The Balaban J connectivity index is 1.90. The highest BCUT2D eigenvalue weighted by Crippen LogP contribution is 2.43. The Morgan fingerprint density at radius 1 is 1.12 bits per heavy atom. The minimum atomic E-state index is 0.0662. The zero-order chi connectivity index (χ0) is 16.7. The van der Waals surface area contributed by atoms with Gasteiger partial charge >= 0.3 is 0 Å². The quantitative estimate of drug-likeness (QED) is 0.791. The predicted octanol–water partition coefficient (Wildman–Crippen LogP) is 3.75. The summed E-state index contributed by atoms with van der Waals surface area (Å²) in [6, 6.07) is 12.7. The van der Waals surface area contributed by atoms with E-state index in [1.165, 1.54) is 11.1 Å². The summed E-state index contributed by atoms with van der Waals surface area (Å²) >= 11 is 1.61. The zero-order valence-corrected chi connectivity index (χ0v) is 14.6. The molecule has 2 N–H and O–H groups in total.